The zero-order chi connectivity index (χ0) is 37.4. The fourth-order valence-corrected chi connectivity index (χ4v) is 9.25. The van der Waals surface area contributed by atoms with Crippen LogP contribution in [0, 0.1) is 0 Å². The highest BCUT2D eigenvalue weighted by Gasteiger charge is 2.35. The van der Waals surface area contributed by atoms with Gasteiger partial charge in [-0.15, -0.1) is 0 Å². The maximum Gasteiger partial charge on any atom is 0.131 e. The molecule has 0 N–H and O–H groups in total. The standard InChI is InChI=1S/C53H39N3/c1-53(2)46-21-11-9-19-43(46)44-34-33-42(35-47(44)53)54(40-29-25-37(26-30-40)36-15-5-3-6-16-36)41-31-27-38(28-32-41)51-45-20-10-12-22-48(45)56-50-24-14-13-23-49(50)55(52(51)56)39-17-7-4-8-18-39/h3-35H,1-2H3. The van der Waals surface area contributed by atoms with E-state index in [-0.39, 0.29) is 5.41 Å². The number of anilines is 3. The van der Waals surface area contributed by atoms with Crippen LogP contribution in [0.4, 0.5) is 17.1 Å². The first-order chi connectivity index (χ1) is 27.6. The summed E-state index contributed by atoms with van der Waals surface area (Å²) in [6.07, 6.45) is 0. The Kier molecular flexibility index (Phi) is 7.20. The molecule has 0 atom stereocenters. The summed E-state index contributed by atoms with van der Waals surface area (Å²) < 4.78 is 4.86. The van der Waals surface area contributed by atoms with E-state index in [4.69, 9.17) is 0 Å². The molecule has 0 unspecified atom stereocenters. The van der Waals surface area contributed by atoms with Gasteiger partial charge in [0, 0.05) is 39.1 Å². The monoisotopic (exact) mass is 717 g/mol. The molecule has 0 saturated heterocycles. The second-order valence-corrected chi connectivity index (χ2v) is 15.4. The SMILES string of the molecule is CC1(C)c2ccccc2-c2ccc(N(c3ccc(-c4ccccc4)cc3)c3ccc(-c4c5ccccc5n5c6ccccc6n(-c6ccccc6)c45)cc3)cc21. The van der Waals surface area contributed by atoms with Crippen LogP contribution >= 0.6 is 0 Å². The lowest BCUT2D eigenvalue weighted by molar-refractivity contribution is 0.660. The van der Waals surface area contributed by atoms with Crippen LogP contribution in [-0.2, 0) is 5.41 Å². The fraction of sp³-hybridized carbons (Fsp3) is 0.0566. The lowest BCUT2D eigenvalue weighted by atomic mass is 9.82. The van der Waals surface area contributed by atoms with Crippen molar-refractivity contribution in [2.75, 3.05) is 4.90 Å². The molecule has 2 aromatic heterocycles. The number of nitrogens with zero attached hydrogens (tertiary/aromatic N) is 3. The van der Waals surface area contributed by atoms with Gasteiger partial charge in [-0.2, -0.15) is 0 Å². The predicted octanol–water partition coefficient (Wildman–Crippen LogP) is 14.1. The van der Waals surface area contributed by atoms with Crippen LogP contribution in [0.1, 0.15) is 25.0 Å². The van der Waals surface area contributed by atoms with Crippen LogP contribution in [0.2, 0.25) is 0 Å². The highest BCUT2D eigenvalue weighted by atomic mass is 15.1. The van der Waals surface area contributed by atoms with Crippen LogP contribution in [0.3, 0.4) is 0 Å². The molecule has 56 heavy (non-hydrogen) atoms. The van der Waals surface area contributed by atoms with Gasteiger partial charge >= 0.3 is 0 Å². The van der Waals surface area contributed by atoms with Crippen LogP contribution in [0.5, 0.6) is 0 Å². The molecule has 0 aliphatic heterocycles. The van der Waals surface area contributed by atoms with Crippen LogP contribution in [0.25, 0.3) is 66.7 Å². The van der Waals surface area contributed by atoms with Gasteiger partial charge in [0.25, 0.3) is 0 Å². The minimum Gasteiger partial charge on any atom is -0.310 e. The molecule has 0 radical (unpaired) electrons. The quantitative estimate of drug-likeness (QED) is 0.167. The molecule has 2 heterocycles. The van der Waals surface area contributed by atoms with Crippen molar-refractivity contribution in [2.24, 2.45) is 0 Å². The maximum atomic E-state index is 2.44. The second-order valence-electron chi connectivity index (χ2n) is 15.4. The zero-order valence-corrected chi connectivity index (χ0v) is 31.4. The number of imidazole rings is 1. The first-order valence-corrected chi connectivity index (χ1v) is 19.4. The van der Waals surface area contributed by atoms with Crippen molar-refractivity contribution in [2.45, 2.75) is 19.3 Å². The van der Waals surface area contributed by atoms with E-state index in [1.165, 1.54) is 72.1 Å². The van der Waals surface area contributed by atoms with E-state index in [0.717, 1.165) is 22.7 Å². The van der Waals surface area contributed by atoms with Crippen molar-refractivity contribution in [1.82, 2.24) is 8.97 Å². The van der Waals surface area contributed by atoms with E-state index in [1.54, 1.807) is 0 Å². The van der Waals surface area contributed by atoms with E-state index in [1.807, 2.05) is 0 Å². The summed E-state index contributed by atoms with van der Waals surface area (Å²) in [6, 6.07) is 73.0. The number of fused-ring (bicyclic) bond motifs is 8. The number of para-hydroxylation sites is 4. The fourth-order valence-electron chi connectivity index (χ4n) is 9.25. The molecule has 0 amide bonds. The Labute approximate surface area is 327 Å². The Bertz CT molecular complexity index is 3080. The highest BCUT2D eigenvalue weighted by molar-refractivity contribution is 6.09. The molecule has 266 valence electrons. The first-order valence-electron chi connectivity index (χ1n) is 19.4. The molecule has 1 aliphatic carbocycles. The van der Waals surface area contributed by atoms with E-state index < -0.39 is 0 Å². The summed E-state index contributed by atoms with van der Waals surface area (Å²) in [5.41, 5.74) is 19.4. The van der Waals surface area contributed by atoms with Crippen molar-refractivity contribution < 1.29 is 0 Å². The molecule has 8 aromatic carbocycles. The third-order valence-electron chi connectivity index (χ3n) is 11.9. The Morgan fingerprint density at radius 3 is 1.68 bits per heavy atom. The van der Waals surface area contributed by atoms with Gasteiger partial charge in [-0.1, -0.05) is 147 Å². The summed E-state index contributed by atoms with van der Waals surface area (Å²) in [5, 5.41) is 1.24. The molecule has 11 rings (SSSR count). The number of rotatable bonds is 6. The molecule has 0 fully saturated rings. The Morgan fingerprint density at radius 2 is 0.946 bits per heavy atom. The van der Waals surface area contributed by atoms with E-state index >= 15 is 0 Å². The van der Waals surface area contributed by atoms with Gasteiger partial charge in [0.1, 0.15) is 5.65 Å². The van der Waals surface area contributed by atoms with Gasteiger partial charge in [0.2, 0.25) is 0 Å². The average molecular weight is 718 g/mol. The summed E-state index contributed by atoms with van der Waals surface area (Å²) in [7, 11) is 0. The highest BCUT2D eigenvalue weighted by Crippen LogP contribution is 2.51. The second kappa shape index (κ2) is 12.5. The Morgan fingerprint density at radius 1 is 0.411 bits per heavy atom. The van der Waals surface area contributed by atoms with Gasteiger partial charge in [-0.25, -0.2) is 0 Å². The van der Waals surface area contributed by atoms with Crippen LogP contribution in [0.15, 0.2) is 200 Å². The van der Waals surface area contributed by atoms with E-state index in [9.17, 15) is 0 Å². The largest absolute Gasteiger partial charge is 0.310 e. The molecular weight excluding hydrogens is 679 g/mol. The predicted molar refractivity (Wildman–Crippen MR) is 235 cm³/mol. The van der Waals surface area contributed by atoms with Gasteiger partial charge in [-0.3, -0.25) is 8.97 Å². The minimum atomic E-state index is -0.103. The lowest BCUT2D eigenvalue weighted by Crippen LogP contribution is -2.16. The van der Waals surface area contributed by atoms with Gasteiger partial charge < -0.3 is 4.90 Å². The Balaban J connectivity index is 1.09. The summed E-state index contributed by atoms with van der Waals surface area (Å²) in [4.78, 5) is 2.41. The smallest absolute Gasteiger partial charge is 0.131 e. The number of aromatic nitrogens is 2. The zero-order valence-electron chi connectivity index (χ0n) is 31.4. The molecular formula is C53H39N3. The molecule has 10 aromatic rings. The van der Waals surface area contributed by atoms with Crippen molar-refractivity contribution in [3.63, 3.8) is 0 Å². The molecule has 0 spiro atoms. The molecule has 1 aliphatic rings. The number of hydrogen-bond donors (Lipinski definition) is 0. The molecule has 0 saturated carbocycles. The molecule has 0 bridgehead atoms. The average Bonchev–Trinajstić information content (AvgIpc) is 3.85. The summed E-state index contributed by atoms with van der Waals surface area (Å²) in [5.74, 6) is 0. The summed E-state index contributed by atoms with van der Waals surface area (Å²) >= 11 is 0. The summed E-state index contributed by atoms with van der Waals surface area (Å²) in [6.45, 7) is 4.71. The number of hydrogen-bond acceptors (Lipinski definition) is 1. The normalized spacial score (nSPS) is 13.0. The van der Waals surface area contributed by atoms with Gasteiger partial charge in [0.15, 0.2) is 0 Å². The van der Waals surface area contributed by atoms with E-state index in [2.05, 4.69) is 228 Å². The van der Waals surface area contributed by atoms with Crippen LogP contribution < -0.4 is 4.90 Å². The van der Waals surface area contributed by atoms with Crippen molar-refractivity contribution in [1.29, 1.82) is 0 Å². The van der Waals surface area contributed by atoms with E-state index in [0.29, 0.717) is 0 Å². The number of benzene rings is 8. The van der Waals surface area contributed by atoms with Crippen molar-refractivity contribution in [3.05, 3.63) is 211 Å². The minimum absolute atomic E-state index is 0.103. The van der Waals surface area contributed by atoms with Crippen LogP contribution in [-0.4, -0.2) is 8.97 Å². The van der Waals surface area contributed by atoms with Gasteiger partial charge in [0.05, 0.1) is 16.6 Å². The Hall–Kier alpha value is -7.10. The van der Waals surface area contributed by atoms with Gasteiger partial charge in [-0.05, 0) is 106 Å². The van der Waals surface area contributed by atoms with Crippen molar-refractivity contribution in [3.8, 4) is 39.1 Å². The third kappa shape index (κ3) is 4.84. The third-order valence-corrected chi connectivity index (χ3v) is 11.9. The first kappa shape index (κ1) is 32.3. The molecule has 3 nitrogen and oxygen atoms in total. The maximum absolute atomic E-state index is 2.44. The lowest BCUT2D eigenvalue weighted by Gasteiger charge is -2.28. The molecule has 3 heteroatoms. The van der Waals surface area contributed by atoms with Crippen molar-refractivity contribution >= 4 is 44.6 Å². The topological polar surface area (TPSA) is 12.6 Å².